The smallest absolute Gasteiger partial charge is 0.0794 e. The van der Waals surface area contributed by atoms with Crippen molar-refractivity contribution in [3.05, 3.63) is 41.5 Å². The van der Waals surface area contributed by atoms with Crippen molar-refractivity contribution < 1.29 is 5.11 Å². The van der Waals surface area contributed by atoms with E-state index in [0.29, 0.717) is 15.9 Å². The zero-order valence-electron chi connectivity index (χ0n) is 19.9. The Bertz CT molecular complexity index is 889. The minimum absolute atomic E-state index is 0.0975. The second-order valence-electron chi connectivity index (χ2n) is 11.7. The molecule has 1 heterocycles. The van der Waals surface area contributed by atoms with Gasteiger partial charge in [-0.1, -0.05) is 30.7 Å². The van der Waals surface area contributed by atoms with Crippen LogP contribution in [-0.4, -0.2) is 40.9 Å². The van der Waals surface area contributed by atoms with Crippen molar-refractivity contribution >= 4 is 29.2 Å². The van der Waals surface area contributed by atoms with Gasteiger partial charge in [0.15, 0.2) is 0 Å². The van der Waals surface area contributed by atoms with E-state index in [2.05, 4.69) is 79.8 Å². The summed E-state index contributed by atoms with van der Waals surface area (Å²) in [4.78, 5) is 2.20. The van der Waals surface area contributed by atoms with E-state index in [0.717, 1.165) is 24.2 Å². The maximum absolute atomic E-state index is 11.1. The van der Waals surface area contributed by atoms with Crippen LogP contribution in [-0.2, 0) is 0 Å². The van der Waals surface area contributed by atoms with Gasteiger partial charge < -0.3 is 10.0 Å². The van der Waals surface area contributed by atoms with E-state index in [1.54, 1.807) is 5.57 Å². The lowest BCUT2D eigenvalue weighted by Crippen LogP contribution is -2.51. The summed E-state index contributed by atoms with van der Waals surface area (Å²) in [7, 11) is 4.25. The van der Waals surface area contributed by atoms with E-state index in [1.807, 2.05) is 0 Å². The molecule has 1 aliphatic heterocycles. The van der Waals surface area contributed by atoms with Gasteiger partial charge in [0.2, 0.25) is 0 Å². The second kappa shape index (κ2) is 7.99. The molecule has 3 saturated carbocycles. The highest BCUT2D eigenvalue weighted by Crippen LogP contribution is 2.67. The summed E-state index contributed by atoms with van der Waals surface area (Å²) in [6.07, 6.45) is 11.5. The molecule has 4 aliphatic carbocycles. The van der Waals surface area contributed by atoms with Crippen LogP contribution in [0.2, 0.25) is 0 Å². The number of fused-ring (bicyclic) bond motifs is 5. The molecular formula is C28H39NOS2. The number of rotatable bonds is 2. The van der Waals surface area contributed by atoms with Gasteiger partial charge >= 0.3 is 0 Å². The largest absolute Gasteiger partial charge is 0.393 e. The third kappa shape index (κ3) is 3.33. The molecule has 4 fully saturated rings. The van der Waals surface area contributed by atoms with Crippen LogP contribution in [0.1, 0.15) is 63.4 Å². The van der Waals surface area contributed by atoms with Crippen LogP contribution in [0.3, 0.4) is 0 Å². The number of benzene rings is 1. The molecule has 6 rings (SSSR count). The Morgan fingerprint density at radius 1 is 0.969 bits per heavy atom. The van der Waals surface area contributed by atoms with Gasteiger partial charge in [-0.2, -0.15) is 0 Å². The normalized spacial score (nSPS) is 42.2. The lowest BCUT2D eigenvalue weighted by atomic mass is 9.48. The summed E-state index contributed by atoms with van der Waals surface area (Å²) < 4.78 is 0.397. The molecule has 174 valence electrons. The average Bonchev–Trinajstić information content (AvgIpc) is 3.37. The summed E-state index contributed by atoms with van der Waals surface area (Å²) in [6.45, 7) is 2.43. The topological polar surface area (TPSA) is 23.5 Å². The second-order valence-corrected chi connectivity index (χ2v) is 14.8. The molecule has 7 atom stereocenters. The third-order valence-corrected chi connectivity index (χ3v) is 13.4. The maximum Gasteiger partial charge on any atom is 0.0794 e. The van der Waals surface area contributed by atoms with Crippen LogP contribution in [0.25, 0.3) is 0 Å². The van der Waals surface area contributed by atoms with E-state index in [9.17, 15) is 5.11 Å². The number of thioether (sulfide) groups is 2. The number of aliphatic hydroxyl groups excluding tert-OH is 1. The highest BCUT2D eigenvalue weighted by molar-refractivity contribution is 8.21. The molecule has 0 unspecified atom stereocenters. The van der Waals surface area contributed by atoms with Crippen molar-refractivity contribution in [1.29, 1.82) is 0 Å². The third-order valence-electron chi connectivity index (χ3n) is 10.0. The van der Waals surface area contributed by atoms with E-state index >= 15 is 0 Å². The van der Waals surface area contributed by atoms with E-state index in [4.69, 9.17) is 0 Å². The number of nitrogens with zero attached hydrogens (tertiary/aromatic N) is 1. The van der Waals surface area contributed by atoms with Crippen molar-refractivity contribution in [3.8, 4) is 0 Å². The number of hydrogen-bond acceptors (Lipinski definition) is 4. The first-order valence-corrected chi connectivity index (χ1v) is 14.8. The van der Waals surface area contributed by atoms with Gasteiger partial charge in [0.25, 0.3) is 0 Å². The SMILES string of the molecule is CN(C)c1ccc([C@H]2C[C@]3(C)[C@@H](O)CC[C@H]3[C@@H]3CCC4=CC5(CC[C@@H]4[C@H]32)SCCS5)cc1. The molecule has 2 nitrogen and oxygen atoms in total. The predicted octanol–water partition coefficient (Wildman–Crippen LogP) is 6.56. The minimum Gasteiger partial charge on any atom is -0.393 e. The first-order valence-electron chi connectivity index (χ1n) is 12.9. The van der Waals surface area contributed by atoms with Crippen molar-refractivity contribution in [2.24, 2.45) is 29.1 Å². The zero-order chi connectivity index (χ0) is 22.1. The molecule has 1 aromatic rings. The van der Waals surface area contributed by atoms with Crippen LogP contribution < -0.4 is 4.90 Å². The Balaban J connectivity index is 1.39. The molecule has 32 heavy (non-hydrogen) atoms. The highest BCUT2D eigenvalue weighted by atomic mass is 32.2. The number of aliphatic hydroxyl groups is 1. The van der Waals surface area contributed by atoms with Crippen molar-refractivity contribution in [2.75, 3.05) is 30.5 Å². The monoisotopic (exact) mass is 469 g/mol. The van der Waals surface area contributed by atoms with Crippen molar-refractivity contribution in [1.82, 2.24) is 0 Å². The molecule has 5 aliphatic rings. The molecule has 4 heteroatoms. The number of allylic oxidation sites excluding steroid dienone is 1. The Morgan fingerprint density at radius 2 is 1.72 bits per heavy atom. The Hall–Kier alpha value is -0.580. The molecule has 1 N–H and O–H groups in total. The standard InChI is InChI=1S/C28H39NOS2/c1-27-17-23(18-4-7-20(8-5-18)29(2)3)26-21-12-13-28(31-14-15-32-28)16-19(21)6-9-22(26)24(27)10-11-25(27)30/h4-5,7-8,16,21-26,30H,6,9-15,17H2,1-3H3/t21-,22-,23+,24-,25-,26+,27-/m0/s1. The summed E-state index contributed by atoms with van der Waals surface area (Å²) in [5.41, 5.74) is 4.71. The van der Waals surface area contributed by atoms with Crippen LogP contribution >= 0.6 is 23.5 Å². The minimum atomic E-state index is -0.116. The van der Waals surface area contributed by atoms with Crippen molar-refractivity contribution in [2.45, 2.75) is 68.0 Å². The first kappa shape index (κ1) is 21.9. The average molecular weight is 470 g/mol. The lowest BCUT2D eigenvalue weighted by molar-refractivity contribution is -0.0659. The van der Waals surface area contributed by atoms with Gasteiger partial charge in [0, 0.05) is 31.3 Å². The predicted molar refractivity (Wildman–Crippen MR) is 140 cm³/mol. The quantitative estimate of drug-likeness (QED) is 0.496. The van der Waals surface area contributed by atoms with E-state index in [-0.39, 0.29) is 11.5 Å². The van der Waals surface area contributed by atoms with Gasteiger partial charge in [-0.05, 0) is 97.6 Å². The van der Waals surface area contributed by atoms with Gasteiger partial charge in [0.05, 0.1) is 10.2 Å². The summed E-state index contributed by atoms with van der Waals surface area (Å²) in [5, 5.41) is 11.1. The number of hydrogen-bond donors (Lipinski definition) is 1. The molecule has 1 spiro atoms. The zero-order valence-corrected chi connectivity index (χ0v) is 21.6. The summed E-state index contributed by atoms with van der Waals surface area (Å²) in [5.74, 6) is 6.25. The van der Waals surface area contributed by atoms with Gasteiger partial charge in [-0.3, -0.25) is 0 Å². The van der Waals surface area contributed by atoms with Crippen molar-refractivity contribution in [3.63, 3.8) is 0 Å². The van der Waals surface area contributed by atoms with Gasteiger partial charge in [0.1, 0.15) is 0 Å². The molecule has 0 aromatic heterocycles. The van der Waals surface area contributed by atoms with Crippen LogP contribution in [0.5, 0.6) is 0 Å². The Morgan fingerprint density at radius 3 is 2.44 bits per heavy atom. The maximum atomic E-state index is 11.1. The molecule has 0 radical (unpaired) electrons. The first-order chi connectivity index (χ1) is 15.4. The molecule has 1 aromatic carbocycles. The van der Waals surface area contributed by atoms with Crippen LogP contribution in [0.15, 0.2) is 35.9 Å². The fourth-order valence-electron chi connectivity index (χ4n) is 8.48. The molecule has 0 bridgehead atoms. The molecular weight excluding hydrogens is 430 g/mol. The summed E-state index contributed by atoms with van der Waals surface area (Å²) in [6, 6.07) is 9.44. The lowest BCUT2D eigenvalue weighted by Gasteiger charge is -2.57. The van der Waals surface area contributed by atoms with Gasteiger partial charge in [-0.15, -0.1) is 23.5 Å². The molecule has 0 amide bonds. The van der Waals surface area contributed by atoms with E-state index in [1.165, 1.54) is 61.3 Å². The Labute approximate surface area is 203 Å². The van der Waals surface area contributed by atoms with Crippen LogP contribution in [0, 0.1) is 29.1 Å². The number of anilines is 1. The molecule has 1 saturated heterocycles. The van der Waals surface area contributed by atoms with Gasteiger partial charge in [-0.25, -0.2) is 0 Å². The fraction of sp³-hybridized carbons (Fsp3) is 0.714. The highest BCUT2D eigenvalue weighted by Gasteiger charge is 2.59. The van der Waals surface area contributed by atoms with Crippen LogP contribution in [0.4, 0.5) is 5.69 Å². The van der Waals surface area contributed by atoms with E-state index < -0.39 is 0 Å². The Kier molecular flexibility index (Phi) is 5.47. The fourth-order valence-corrected chi connectivity index (χ4v) is 11.7. The summed E-state index contributed by atoms with van der Waals surface area (Å²) >= 11 is 4.43.